The lowest BCUT2D eigenvalue weighted by atomic mass is 10.3. The third-order valence-electron chi connectivity index (χ3n) is 2.14. The molecule has 0 amide bonds. The second kappa shape index (κ2) is 6.67. The number of hydrogen-bond acceptors (Lipinski definition) is 3. The molecule has 0 radical (unpaired) electrons. The molecule has 0 saturated carbocycles. The molecule has 0 bridgehead atoms. The van der Waals surface area contributed by atoms with Gasteiger partial charge in [0.15, 0.2) is 0 Å². The van der Waals surface area contributed by atoms with Gasteiger partial charge in [-0.1, -0.05) is 19.9 Å². The molecule has 0 heterocycles. The van der Waals surface area contributed by atoms with Crippen LogP contribution in [0.15, 0.2) is 18.2 Å². The van der Waals surface area contributed by atoms with Gasteiger partial charge in [-0.3, -0.25) is 4.72 Å². The van der Waals surface area contributed by atoms with Gasteiger partial charge in [-0.15, -0.1) is 0 Å². The Kier molecular flexibility index (Phi) is 5.80. The summed E-state index contributed by atoms with van der Waals surface area (Å²) in [5.41, 5.74) is 0.278. The van der Waals surface area contributed by atoms with E-state index in [2.05, 4.69) is 10.0 Å². The third-order valence-corrected chi connectivity index (χ3v) is 4.51. The molecule has 0 fully saturated rings. The molecule has 1 aromatic rings. The van der Waals surface area contributed by atoms with Gasteiger partial charge in [-0.2, -0.15) is 0 Å². The van der Waals surface area contributed by atoms with E-state index in [9.17, 15) is 12.8 Å². The maximum Gasteiger partial charge on any atom is 0.234 e. The van der Waals surface area contributed by atoms with Crippen LogP contribution in [-0.4, -0.2) is 26.8 Å². The molecular formula is C11H16FIN2O2S. The second-order valence-electron chi connectivity index (χ2n) is 4.13. The molecule has 0 aliphatic carbocycles. The summed E-state index contributed by atoms with van der Waals surface area (Å²) in [6.07, 6.45) is 0. The Labute approximate surface area is 121 Å². The van der Waals surface area contributed by atoms with Crippen LogP contribution in [0.1, 0.15) is 13.8 Å². The standard InChI is InChI=1S/C11H16FIN2O2S/c1-8(2)14-6-7-18(16,17)15-10-5-3-4-9(12)11(10)13/h3-5,8,14-15H,6-7H2,1-2H3. The molecular weight excluding hydrogens is 370 g/mol. The highest BCUT2D eigenvalue weighted by Crippen LogP contribution is 2.21. The number of sulfonamides is 1. The Morgan fingerprint density at radius 3 is 2.67 bits per heavy atom. The highest BCUT2D eigenvalue weighted by molar-refractivity contribution is 14.1. The SMILES string of the molecule is CC(C)NCCS(=O)(=O)Nc1cccc(F)c1I. The maximum atomic E-state index is 13.3. The Hall–Kier alpha value is -0.410. The predicted molar refractivity (Wildman–Crippen MR) is 79.7 cm³/mol. The van der Waals surface area contributed by atoms with Gasteiger partial charge in [0.25, 0.3) is 0 Å². The Morgan fingerprint density at radius 1 is 1.39 bits per heavy atom. The lowest BCUT2D eigenvalue weighted by Gasteiger charge is -2.11. The molecule has 0 saturated heterocycles. The molecule has 102 valence electrons. The number of halogens is 2. The lowest BCUT2D eigenvalue weighted by molar-refractivity contribution is 0.582. The van der Waals surface area contributed by atoms with Crippen LogP contribution in [0.2, 0.25) is 0 Å². The quantitative estimate of drug-likeness (QED) is 0.737. The predicted octanol–water partition coefficient (Wildman–Crippen LogP) is 2.17. The van der Waals surface area contributed by atoms with Crippen molar-refractivity contribution in [2.45, 2.75) is 19.9 Å². The number of benzene rings is 1. The van der Waals surface area contributed by atoms with Crippen molar-refractivity contribution in [3.63, 3.8) is 0 Å². The van der Waals surface area contributed by atoms with Crippen molar-refractivity contribution in [3.05, 3.63) is 27.6 Å². The van der Waals surface area contributed by atoms with Crippen molar-refractivity contribution < 1.29 is 12.8 Å². The topological polar surface area (TPSA) is 58.2 Å². The van der Waals surface area contributed by atoms with E-state index in [1.54, 1.807) is 22.6 Å². The minimum atomic E-state index is -3.45. The highest BCUT2D eigenvalue weighted by atomic mass is 127. The Balaban J connectivity index is 2.68. The molecule has 2 N–H and O–H groups in total. The van der Waals surface area contributed by atoms with E-state index in [4.69, 9.17) is 0 Å². The molecule has 0 unspecified atom stereocenters. The summed E-state index contributed by atoms with van der Waals surface area (Å²) in [5.74, 6) is -0.478. The molecule has 0 aromatic heterocycles. The van der Waals surface area contributed by atoms with Gasteiger partial charge < -0.3 is 5.32 Å². The van der Waals surface area contributed by atoms with Gasteiger partial charge >= 0.3 is 0 Å². The van der Waals surface area contributed by atoms with Crippen LogP contribution in [0.25, 0.3) is 0 Å². The zero-order valence-electron chi connectivity index (χ0n) is 10.2. The van der Waals surface area contributed by atoms with E-state index in [0.717, 1.165) is 0 Å². The van der Waals surface area contributed by atoms with Gasteiger partial charge in [0.05, 0.1) is 15.0 Å². The summed E-state index contributed by atoms with van der Waals surface area (Å²) in [7, 11) is -3.45. The summed E-state index contributed by atoms with van der Waals surface area (Å²) < 4.78 is 39.5. The fourth-order valence-electron chi connectivity index (χ4n) is 1.28. The number of hydrogen-bond donors (Lipinski definition) is 2. The van der Waals surface area contributed by atoms with Gasteiger partial charge in [0.2, 0.25) is 10.0 Å². The molecule has 7 heteroatoms. The fraction of sp³-hybridized carbons (Fsp3) is 0.455. The fourth-order valence-corrected chi connectivity index (χ4v) is 2.95. The van der Waals surface area contributed by atoms with Crippen molar-refractivity contribution in [1.82, 2.24) is 5.32 Å². The van der Waals surface area contributed by atoms with Gasteiger partial charge in [-0.05, 0) is 34.7 Å². The monoisotopic (exact) mass is 386 g/mol. The number of anilines is 1. The average molecular weight is 386 g/mol. The van der Waals surface area contributed by atoms with Crippen molar-refractivity contribution in [3.8, 4) is 0 Å². The minimum Gasteiger partial charge on any atom is -0.313 e. The first-order chi connectivity index (χ1) is 8.32. The van der Waals surface area contributed by atoms with Crippen LogP contribution in [-0.2, 0) is 10.0 Å². The molecule has 0 atom stereocenters. The zero-order valence-corrected chi connectivity index (χ0v) is 13.2. The molecule has 1 rings (SSSR count). The van der Waals surface area contributed by atoms with Crippen molar-refractivity contribution in [1.29, 1.82) is 0 Å². The van der Waals surface area contributed by atoms with E-state index < -0.39 is 15.8 Å². The minimum absolute atomic E-state index is 0.0439. The van der Waals surface area contributed by atoms with Crippen LogP contribution in [0.5, 0.6) is 0 Å². The summed E-state index contributed by atoms with van der Waals surface area (Å²) in [5, 5.41) is 3.02. The van der Waals surface area contributed by atoms with E-state index in [1.807, 2.05) is 13.8 Å². The van der Waals surface area contributed by atoms with E-state index in [1.165, 1.54) is 18.2 Å². The summed E-state index contributed by atoms with van der Waals surface area (Å²) >= 11 is 1.78. The van der Waals surface area contributed by atoms with Crippen LogP contribution in [0, 0.1) is 9.39 Å². The molecule has 1 aromatic carbocycles. The summed E-state index contributed by atoms with van der Waals surface area (Å²) in [6, 6.07) is 4.54. The number of nitrogens with one attached hydrogen (secondary N) is 2. The molecule has 0 aliphatic heterocycles. The second-order valence-corrected chi connectivity index (χ2v) is 7.05. The Morgan fingerprint density at radius 2 is 2.06 bits per heavy atom. The van der Waals surface area contributed by atoms with Crippen LogP contribution < -0.4 is 10.0 Å². The third kappa shape index (κ3) is 5.07. The average Bonchev–Trinajstić information content (AvgIpc) is 2.23. The summed E-state index contributed by atoms with van der Waals surface area (Å²) in [6.45, 7) is 4.24. The van der Waals surface area contributed by atoms with Crippen molar-refractivity contribution in [2.75, 3.05) is 17.0 Å². The Bertz CT molecular complexity index is 506. The normalized spacial score (nSPS) is 11.8. The molecule has 4 nitrogen and oxygen atoms in total. The first-order valence-corrected chi connectivity index (χ1v) is 8.23. The van der Waals surface area contributed by atoms with Gasteiger partial charge in [-0.25, -0.2) is 12.8 Å². The molecule has 0 aliphatic rings. The van der Waals surface area contributed by atoms with E-state index >= 15 is 0 Å². The van der Waals surface area contributed by atoms with E-state index in [-0.39, 0.29) is 21.1 Å². The first-order valence-electron chi connectivity index (χ1n) is 5.50. The lowest BCUT2D eigenvalue weighted by Crippen LogP contribution is -2.31. The molecule has 0 spiro atoms. The number of rotatable bonds is 6. The van der Waals surface area contributed by atoms with Gasteiger partial charge in [0.1, 0.15) is 5.82 Å². The van der Waals surface area contributed by atoms with Crippen molar-refractivity contribution >= 4 is 38.3 Å². The van der Waals surface area contributed by atoms with Gasteiger partial charge in [0, 0.05) is 12.6 Å². The van der Waals surface area contributed by atoms with Crippen molar-refractivity contribution in [2.24, 2.45) is 0 Å². The van der Waals surface area contributed by atoms with Crippen LogP contribution in [0.3, 0.4) is 0 Å². The molecule has 18 heavy (non-hydrogen) atoms. The highest BCUT2D eigenvalue weighted by Gasteiger charge is 2.13. The van der Waals surface area contributed by atoms with Crippen LogP contribution in [0.4, 0.5) is 10.1 Å². The summed E-state index contributed by atoms with van der Waals surface area (Å²) in [4.78, 5) is 0. The van der Waals surface area contributed by atoms with Crippen LogP contribution >= 0.6 is 22.6 Å². The smallest absolute Gasteiger partial charge is 0.234 e. The zero-order chi connectivity index (χ0) is 13.8. The largest absolute Gasteiger partial charge is 0.313 e. The maximum absolute atomic E-state index is 13.3. The van der Waals surface area contributed by atoms with E-state index in [0.29, 0.717) is 6.54 Å². The first kappa shape index (κ1) is 15.6.